The Balaban J connectivity index is 2.08. The average molecular weight is 355 g/mol. The van der Waals surface area contributed by atoms with Crippen molar-refractivity contribution < 1.29 is 14.3 Å². The van der Waals surface area contributed by atoms with E-state index in [9.17, 15) is 4.79 Å². The van der Waals surface area contributed by atoms with Crippen molar-refractivity contribution >= 4 is 17.5 Å². The van der Waals surface area contributed by atoms with Crippen molar-refractivity contribution in [3.05, 3.63) is 22.7 Å². The number of carbonyl (C=O) groups excluding carboxylic acids is 1. The topological polar surface area (TPSA) is 73.6 Å². The summed E-state index contributed by atoms with van der Waals surface area (Å²) in [6.45, 7) is 5.18. The van der Waals surface area contributed by atoms with Crippen molar-refractivity contribution in [1.82, 2.24) is 5.32 Å². The Bertz CT molecular complexity index is 565. The lowest BCUT2D eigenvalue weighted by Crippen LogP contribution is -2.36. The van der Waals surface area contributed by atoms with Crippen LogP contribution in [0.2, 0.25) is 5.02 Å². The van der Waals surface area contributed by atoms with E-state index in [0.29, 0.717) is 41.6 Å². The molecule has 1 aliphatic carbocycles. The van der Waals surface area contributed by atoms with Crippen LogP contribution in [0.15, 0.2) is 12.1 Å². The second-order valence-electron chi connectivity index (χ2n) is 6.33. The van der Waals surface area contributed by atoms with Gasteiger partial charge in [0.25, 0.3) is 5.91 Å². The van der Waals surface area contributed by atoms with Gasteiger partial charge in [-0.15, -0.1) is 0 Å². The third-order valence-electron chi connectivity index (χ3n) is 4.45. The summed E-state index contributed by atoms with van der Waals surface area (Å²) in [5.74, 6) is 1.17. The van der Waals surface area contributed by atoms with E-state index in [2.05, 4.69) is 12.2 Å². The standard InChI is InChI=1S/C18H27ClN2O3/c1-3-23-16-8-13(10-21-15-7-5-4-6-12(15)2)14(19)9-17(16)24-11-18(20)22/h8-9,12,15,21H,3-7,10-11H2,1-2H3,(H2,20,22). The summed E-state index contributed by atoms with van der Waals surface area (Å²) in [5, 5.41) is 4.20. The quantitative estimate of drug-likeness (QED) is 0.751. The van der Waals surface area contributed by atoms with E-state index in [0.717, 1.165) is 5.56 Å². The van der Waals surface area contributed by atoms with Crippen molar-refractivity contribution in [2.75, 3.05) is 13.2 Å². The predicted octanol–water partition coefficient (Wildman–Crippen LogP) is 3.27. The molecular weight excluding hydrogens is 328 g/mol. The van der Waals surface area contributed by atoms with E-state index in [1.165, 1.54) is 25.7 Å². The van der Waals surface area contributed by atoms with Crippen LogP contribution in [0.25, 0.3) is 0 Å². The van der Waals surface area contributed by atoms with Crippen molar-refractivity contribution in [2.45, 2.75) is 52.1 Å². The van der Waals surface area contributed by atoms with Crippen LogP contribution in [-0.4, -0.2) is 25.2 Å². The highest BCUT2D eigenvalue weighted by Crippen LogP contribution is 2.34. The molecule has 1 aromatic carbocycles. The number of hydrogen-bond donors (Lipinski definition) is 2. The first kappa shape index (κ1) is 18.9. The second-order valence-corrected chi connectivity index (χ2v) is 6.73. The van der Waals surface area contributed by atoms with Crippen LogP contribution in [0.3, 0.4) is 0 Å². The van der Waals surface area contributed by atoms with Gasteiger partial charge in [-0.05, 0) is 37.3 Å². The lowest BCUT2D eigenvalue weighted by molar-refractivity contribution is -0.119. The van der Waals surface area contributed by atoms with Gasteiger partial charge in [0, 0.05) is 23.7 Å². The highest BCUT2D eigenvalue weighted by molar-refractivity contribution is 6.31. The Kier molecular flexibility index (Phi) is 7.18. The highest BCUT2D eigenvalue weighted by atomic mass is 35.5. The molecule has 0 spiro atoms. The summed E-state index contributed by atoms with van der Waals surface area (Å²) in [5.41, 5.74) is 6.09. The molecule has 1 aliphatic rings. The summed E-state index contributed by atoms with van der Waals surface area (Å²) >= 11 is 6.38. The fourth-order valence-corrected chi connectivity index (χ4v) is 3.32. The minimum Gasteiger partial charge on any atom is -0.490 e. The Hall–Kier alpha value is -1.46. The molecule has 0 heterocycles. The molecule has 0 aromatic heterocycles. The minimum absolute atomic E-state index is 0.201. The van der Waals surface area contributed by atoms with Gasteiger partial charge in [0.1, 0.15) is 0 Å². The zero-order valence-electron chi connectivity index (χ0n) is 14.4. The molecule has 1 amide bonds. The Labute approximate surface area is 148 Å². The van der Waals surface area contributed by atoms with Gasteiger partial charge < -0.3 is 20.5 Å². The van der Waals surface area contributed by atoms with E-state index < -0.39 is 5.91 Å². The van der Waals surface area contributed by atoms with Gasteiger partial charge in [0.15, 0.2) is 18.1 Å². The van der Waals surface area contributed by atoms with Crippen molar-refractivity contribution in [2.24, 2.45) is 11.7 Å². The van der Waals surface area contributed by atoms with Crippen LogP contribution in [-0.2, 0) is 11.3 Å². The fraction of sp³-hybridized carbons (Fsp3) is 0.611. The molecule has 0 aliphatic heterocycles. The molecular formula is C18H27ClN2O3. The van der Waals surface area contributed by atoms with Crippen LogP contribution >= 0.6 is 11.6 Å². The number of halogens is 1. The first-order valence-electron chi connectivity index (χ1n) is 8.61. The molecule has 24 heavy (non-hydrogen) atoms. The molecule has 1 saturated carbocycles. The van der Waals surface area contributed by atoms with Crippen molar-refractivity contribution in [3.63, 3.8) is 0 Å². The SMILES string of the molecule is CCOc1cc(CNC2CCCCC2C)c(Cl)cc1OCC(N)=O. The Morgan fingerprint density at radius 1 is 1.29 bits per heavy atom. The average Bonchev–Trinajstić information content (AvgIpc) is 2.55. The zero-order chi connectivity index (χ0) is 17.5. The first-order chi connectivity index (χ1) is 11.5. The molecule has 0 radical (unpaired) electrons. The summed E-state index contributed by atoms with van der Waals surface area (Å²) in [6, 6.07) is 4.09. The molecule has 3 N–H and O–H groups in total. The molecule has 134 valence electrons. The van der Waals surface area contributed by atoms with Gasteiger partial charge in [-0.1, -0.05) is 31.4 Å². The minimum atomic E-state index is -0.536. The third kappa shape index (κ3) is 5.28. The van der Waals surface area contributed by atoms with E-state index in [1.54, 1.807) is 6.07 Å². The smallest absolute Gasteiger partial charge is 0.255 e. The Morgan fingerprint density at radius 3 is 2.67 bits per heavy atom. The van der Waals surface area contributed by atoms with E-state index >= 15 is 0 Å². The normalized spacial score (nSPS) is 20.6. The summed E-state index contributed by atoms with van der Waals surface area (Å²) in [4.78, 5) is 10.9. The number of carbonyl (C=O) groups is 1. The predicted molar refractivity (Wildman–Crippen MR) is 95.6 cm³/mol. The van der Waals surface area contributed by atoms with Crippen molar-refractivity contribution in [1.29, 1.82) is 0 Å². The number of nitrogens with two attached hydrogens (primary N) is 1. The fourth-order valence-electron chi connectivity index (χ4n) is 3.10. The van der Waals surface area contributed by atoms with Gasteiger partial charge in [-0.2, -0.15) is 0 Å². The number of rotatable bonds is 8. The lowest BCUT2D eigenvalue weighted by Gasteiger charge is -2.30. The highest BCUT2D eigenvalue weighted by Gasteiger charge is 2.21. The molecule has 1 fully saturated rings. The van der Waals surface area contributed by atoms with Crippen LogP contribution in [0.5, 0.6) is 11.5 Å². The number of nitrogens with one attached hydrogen (secondary N) is 1. The van der Waals surface area contributed by atoms with Crippen LogP contribution in [0, 0.1) is 5.92 Å². The van der Waals surface area contributed by atoms with Crippen molar-refractivity contribution in [3.8, 4) is 11.5 Å². The van der Waals surface area contributed by atoms with Gasteiger partial charge in [-0.3, -0.25) is 4.79 Å². The maximum atomic E-state index is 10.9. The number of amides is 1. The van der Waals surface area contributed by atoms with Crippen LogP contribution < -0.4 is 20.5 Å². The molecule has 2 rings (SSSR count). The number of primary amides is 1. The maximum Gasteiger partial charge on any atom is 0.255 e. The number of benzene rings is 1. The largest absolute Gasteiger partial charge is 0.490 e. The maximum absolute atomic E-state index is 10.9. The van der Waals surface area contributed by atoms with Gasteiger partial charge in [0.05, 0.1) is 6.61 Å². The first-order valence-corrected chi connectivity index (χ1v) is 8.98. The van der Waals surface area contributed by atoms with E-state index in [-0.39, 0.29) is 6.61 Å². The van der Waals surface area contributed by atoms with Gasteiger partial charge in [-0.25, -0.2) is 0 Å². The second kappa shape index (κ2) is 9.14. The molecule has 0 saturated heterocycles. The summed E-state index contributed by atoms with van der Waals surface area (Å²) in [7, 11) is 0. The molecule has 6 heteroatoms. The van der Waals surface area contributed by atoms with E-state index in [4.69, 9.17) is 26.8 Å². The lowest BCUT2D eigenvalue weighted by atomic mass is 9.86. The van der Waals surface area contributed by atoms with Gasteiger partial charge in [0.2, 0.25) is 0 Å². The van der Waals surface area contributed by atoms with E-state index in [1.807, 2.05) is 13.0 Å². The molecule has 2 unspecified atom stereocenters. The van der Waals surface area contributed by atoms with Crippen LogP contribution in [0.4, 0.5) is 0 Å². The zero-order valence-corrected chi connectivity index (χ0v) is 15.2. The summed E-state index contributed by atoms with van der Waals surface area (Å²) < 4.78 is 11.0. The molecule has 2 atom stereocenters. The molecule has 5 nitrogen and oxygen atoms in total. The Morgan fingerprint density at radius 2 is 2.00 bits per heavy atom. The molecule has 1 aromatic rings. The number of hydrogen-bond acceptors (Lipinski definition) is 4. The third-order valence-corrected chi connectivity index (χ3v) is 4.80. The summed E-state index contributed by atoms with van der Waals surface area (Å²) in [6.07, 6.45) is 5.08. The van der Waals surface area contributed by atoms with Gasteiger partial charge >= 0.3 is 0 Å². The van der Waals surface area contributed by atoms with Crippen LogP contribution in [0.1, 0.15) is 45.1 Å². The number of ether oxygens (including phenoxy) is 2. The monoisotopic (exact) mass is 354 g/mol. The molecule has 0 bridgehead atoms.